The molecular weight excluding hydrogens is 442 g/mol. The third-order valence-electron chi connectivity index (χ3n) is 4.57. The number of fused-ring (bicyclic) bond motifs is 1. The number of rotatable bonds is 7. The molecule has 4 rings (SSSR count). The summed E-state index contributed by atoms with van der Waals surface area (Å²) in [5.41, 5.74) is 1.61. The van der Waals surface area contributed by atoms with Crippen molar-refractivity contribution in [1.29, 1.82) is 0 Å². The van der Waals surface area contributed by atoms with Crippen LogP contribution in [0.2, 0.25) is 5.02 Å². The maximum Gasteiger partial charge on any atom is 0.258 e. The zero-order chi connectivity index (χ0) is 21.3. The first-order valence-electron chi connectivity index (χ1n) is 9.40. The molecule has 7 nitrogen and oxygen atoms in total. The quantitative estimate of drug-likeness (QED) is 0.369. The Bertz CT molecular complexity index is 1250. The Hall–Kier alpha value is -2.36. The highest BCUT2D eigenvalue weighted by molar-refractivity contribution is 7.98. The van der Waals surface area contributed by atoms with Gasteiger partial charge in [0.1, 0.15) is 5.75 Å². The second kappa shape index (κ2) is 8.79. The molecule has 0 N–H and O–H groups in total. The lowest BCUT2D eigenvalue weighted by Crippen LogP contribution is -2.13. The molecule has 10 heteroatoms. The summed E-state index contributed by atoms with van der Waals surface area (Å²) in [7, 11) is 0. The molecule has 0 aliphatic rings. The molecule has 0 saturated heterocycles. The first kappa shape index (κ1) is 20.9. The van der Waals surface area contributed by atoms with E-state index in [0.29, 0.717) is 22.3 Å². The summed E-state index contributed by atoms with van der Waals surface area (Å²) in [5, 5.41) is 12.0. The number of aryl methyl sites for hydroxylation is 1. The monoisotopic (exact) mass is 461 g/mol. The number of halogens is 1. The number of thioether (sulfide) groups is 1. The maximum atomic E-state index is 12.2. The van der Waals surface area contributed by atoms with E-state index < -0.39 is 0 Å². The number of hydrogen-bond acceptors (Lipinski definition) is 7. The predicted molar refractivity (Wildman–Crippen MR) is 120 cm³/mol. The highest BCUT2D eigenvalue weighted by Gasteiger charge is 2.20. The second-order valence-corrected chi connectivity index (χ2v) is 8.94. The number of ether oxygens (including phenoxy) is 1. The summed E-state index contributed by atoms with van der Waals surface area (Å²) in [6.45, 7) is 6.66. The number of benzene rings is 1. The van der Waals surface area contributed by atoms with E-state index in [1.54, 1.807) is 16.7 Å². The molecule has 1 aromatic carbocycles. The standard InChI is InChI=1S/C20H20ClN5O2S2/c1-4-25-18(13(3)28-16-6-5-14(21)9-12(16)2)23-24-20(25)30-11-15-10-17(27)26-7-8-29-19(26)22-15/h5-10,13H,4,11H2,1-3H3. The van der Waals surface area contributed by atoms with Crippen molar-refractivity contribution < 1.29 is 4.74 Å². The minimum atomic E-state index is -0.281. The van der Waals surface area contributed by atoms with Crippen LogP contribution in [0.3, 0.4) is 0 Å². The van der Waals surface area contributed by atoms with Crippen molar-refractivity contribution in [3.8, 4) is 5.75 Å². The highest BCUT2D eigenvalue weighted by atomic mass is 35.5. The molecule has 0 saturated carbocycles. The Morgan fingerprint density at radius 2 is 2.13 bits per heavy atom. The lowest BCUT2D eigenvalue weighted by molar-refractivity contribution is 0.208. The van der Waals surface area contributed by atoms with E-state index in [1.165, 1.54) is 23.1 Å². The number of hydrogen-bond donors (Lipinski definition) is 0. The van der Waals surface area contributed by atoms with Gasteiger partial charge in [0.05, 0.1) is 5.69 Å². The normalized spacial score (nSPS) is 12.4. The Labute approximate surface area is 186 Å². The lowest BCUT2D eigenvalue weighted by Gasteiger charge is -2.17. The first-order valence-corrected chi connectivity index (χ1v) is 11.6. The lowest BCUT2D eigenvalue weighted by atomic mass is 10.2. The smallest absolute Gasteiger partial charge is 0.258 e. The van der Waals surface area contributed by atoms with E-state index in [0.717, 1.165) is 28.0 Å². The minimum absolute atomic E-state index is 0.0742. The Balaban J connectivity index is 1.51. The van der Waals surface area contributed by atoms with Crippen LogP contribution in [-0.4, -0.2) is 24.1 Å². The molecule has 0 aliphatic carbocycles. The fourth-order valence-corrected chi connectivity index (χ4v) is 4.96. The average molecular weight is 462 g/mol. The van der Waals surface area contributed by atoms with Gasteiger partial charge in [0.25, 0.3) is 5.56 Å². The maximum absolute atomic E-state index is 12.2. The van der Waals surface area contributed by atoms with Crippen molar-refractivity contribution in [3.63, 3.8) is 0 Å². The zero-order valence-corrected chi connectivity index (χ0v) is 19.1. The molecule has 1 atom stereocenters. The topological polar surface area (TPSA) is 74.3 Å². The largest absolute Gasteiger partial charge is 0.482 e. The van der Waals surface area contributed by atoms with E-state index in [2.05, 4.69) is 15.2 Å². The van der Waals surface area contributed by atoms with Crippen LogP contribution < -0.4 is 10.3 Å². The van der Waals surface area contributed by atoms with Crippen LogP contribution in [0.25, 0.3) is 4.96 Å². The van der Waals surface area contributed by atoms with Crippen LogP contribution >= 0.6 is 34.7 Å². The molecule has 1 unspecified atom stereocenters. The van der Waals surface area contributed by atoms with Crippen LogP contribution in [0, 0.1) is 6.92 Å². The van der Waals surface area contributed by atoms with E-state index in [9.17, 15) is 4.79 Å². The molecular formula is C20H20ClN5O2S2. The summed E-state index contributed by atoms with van der Waals surface area (Å²) in [6.07, 6.45) is 1.45. The minimum Gasteiger partial charge on any atom is -0.482 e. The van der Waals surface area contributed by atoms with Crippen molar-refractivity contribution in [2.75, 3.05) is 0 Å². The van der Waals surface area contributed by atoms with Crippen LogP contribution in [0.15, 0.2) is 45.8 Å². The predicted octanol–water partition coefficient (Wildman–Crippen LogP) is 4.76. The third-order valence-corrected chi connectivity index (χ3v) is 6.56. The summed E-state index contributed by atoms with van der Waals surface area (Å²) in [4.78, 5) is 17.4. The summed E-state index contributed by atoms with van der Waals surface area (Å²) in [6, 6.07) is 7.11. The van der Waals surface area contributed by atoms with E-state index >= 15 is 0 Å². The average Bonchev–Trinajstić information content (AvgIpc) is 3.35. The molecule has 4 aromatic rings. The van der Waals surface area contributed by atoms with Crippen LogP contribution in [0.1, 0.15) is 37.0 Å². The number of thiazole rings is 1. The van der Waals surface area contributed by atoms with Gasteiger partial charge >= 0.3 is 0 Å². The van der Waals surface area contributed by atoms with Crippen molar-refractivity contribution in [2.45, 2.75) is 44.3 Å². The third kappa shape index (κ3) is 4.23. The Kier molecular flexibility index (Phi) is 6.12. The molecule has 3 heterocycles. The highest BCUT2D eigenvalue weighted by Crippen LogP contribution is 2.29. The fraction of sp³-hybridized carbons (Fsp3) is 0.300. The molecule has 0 amide bonds. The first-order chi connectivity index (χ1) is 14.5. The molecule has 3 aromatic heterocycles. The van der Waals surface area contributed by atoms with Gasteiger partial charge in [-0.05, 0) is 44.5 Å². The second-order valence-electron chi connectivity index (χ2n) is 6.68. The van der Waals surface area contributed by atoms with Gasteiger partial charge in [-0.25, -0.2) is 4.98 Å². The van der Waals surface area contributed by atoms with Gasteiger partial charge < -0.3 is 9.30 Å². The molecule has 0 fully saturated rings. The van der Waals surface area contributed by atoms with Crippen LogP contribution in [0.4, 0.5) is 0 Å². The zero-order valence-electron chi connectivity index (χ0n) is 16.7. The van der Waals surface area contributed by atoms with E-state index in [4.69, 9.17) is 16.3 Å². The van der Waals surface area contributed by atoms with Crippen LogP contribution in [0.5, 0.6) is 5.75 Å². The van der Waals surface area contributed by atoms with Crippen molar-refractivity contribution in [1.82, 2.24) is 24.1 Å². The van der Waals surface area contributed by atoms with Crippen molar-refractivity contribution in [2.24, 2.45) is 0 Å². The molecule has 0 radical (unpaired) electrons. The van der Waals surface area contributed by atoms with Crippen LogP contribution in [-0.2, 0) is 12.3 Å². The Morgan fingerprint density at radius 1 is 1.30 bits per heavy atom. The molecule has 0 bridgehead atoms. The van der Waals surface area contributed by atoms with E-state index in [1.807, 2.05) is 48.9 Å². The molecule has 156 valence electrons. The summed E-state index contributed by atoms with van der Waals surface area (Å²) < 4.78 is 9.68. The molecule has 0 aliphatic heterocycles. The van der Waals surface area contributed by atoms with E-state index in [-0.39, 0.29) is 11.7 Å². The van der Waals surface area contributed by atoms with Gasteiger partial charge in [-0.1, -0.05) is 23.4 Å². The summed E-state index contributed by atoms with van der Waals surface area (Å²) in [5.74, 6) is 2.05. The van der Waals surface area contributed by atoms with Gasteiger partial charge in [-0.3, -0.25) is 9.20 Å². The number of aromatic nitrogens is 5. The van der Waals surface area contributed by atoms with Gasteiger partial charge in [-0.15, -0.1) is 21.5 Å². The SMILES string of the molecule is CCn1c(SCc2cc(=O)n3ccsc3n2)nnc1C(C)Oc1ccc(Cl)cc1C. The number of nitrogens with zero attached hydrogens (tertiary/aromatic N) is 5. The summed E-state index contributed by atoms with van der Waals surface area (Å²) >= 11 is 8.98. The van der Waals surface area contributed by atoms with Gasteiger partial charge in [0.2, 0.25) is 0 Å². The Morgan fingerprint density at radius 3 is 2.90 bits per heavy atom. The van der Waals surface area contributed by atoms with Gasteiger partial charge in [0, 0.05) is 35.0 Å². The van der Waals surface area contributed by atoms with Gasteiger partial charge in [0.15, 0.2) is 22.0 Å². The van der Waals surface area contributed by atoms with Crippen molar-refractivity contribution >= 4 is 39.7 Å². The molecule has 0 spiro atoms. The fourth-order valence-electron chi connectivity index (χ4n) is 3.09. The van der Waals surface area contributed by atoms with Gasteiger partial charge in [-0.2, -0.15) is 0 Å². The van der Waals surface area contributed by atoms with Crippen molar-refractivity contribution in [3.05, 3.63) is 68.3 Å². The molecule has 30 heavy (non-hydrogen) atoms.